The Morgan fingerprint density at radius 2 is 2.21 bits per heavy atom. The molecular formula is C9H5N3O2. The van der Waals surface area contributed by atoms with Crippen LogP contribution in [-0.2, 0) is 4.79 Å². The lowest BCUT2D eigenvalue weighted by atomic mass is 10.2. The predicted molar refractivity (Wildman–Crippen MR) is 48.5 cm³/mol. The SMILES string of the molecule is O=C=NC(=O)c1n[nH]c2ccccc12. The zero-order chi connectivity index (χ0) is 9.97. The molecule has 5 heteroatoms. The number of H-pyrrole nitrogens is 1. The second-order valence-electron chi connectivity index (χ2n) is 2.63. The number of hydrogen-bond donors (Lipinski definition) is 1. The van der Waals surface area contributed by atoms with Gasteiger partial charge >= 0.3 is 5.91 Å². The molecule has 0 atom stereocenters. The Morgan fingerprint density at radius 1 is 1.43 bits per heavy atom. The van der Waals surface area contributed by atoms with Crippen LogP contribution >= 0.6 is 0 Å². The normalized spacial score (nSPS) is 9.71. The predicted octanol–water partition coefficient (Wildman–Crippen LogP) is 1.04. The second-order valence-corrected chi connectivity index (χ2v) is 2.63. The van der Waals surface area contributed by atoms with Gasteiger partial charge in [0.1, 0.15) is 0 Å². The van der Waals surface area contributed by atoms with Gasteiger partial charge in [0.2, 0.25) is 6.08 Å². The Labute approximate surface area is 78.5 Å². The summed E-state index contributed by atoms with van der Waals surface area (Å²) in [5.74, 6) is -0.683. The van der Waals surface area contributed by atoms with Crippen LogP contribution in [0.15, 0.2) is 29.3 Å². The van der Waals surface area contributed by atoms with E-state index in [-0.39, 0.29) is 5.69 Å². The third-order valence-corrected chi connectivity index (χ3v) is 1.82. The highest BCUT2D eigenvalue weighted by Gasteiger charge is 2.12. The standard InChI is InChI=1S/C9H5N3O2/c13-5-10-9(14)8-6-3-1-2-4-7(6)11-12-8/h1-4H,(H,11,12). The van der Waals surface area contributed by atoms with Crippen LogP contribution in [0.5, 0.6) is 0 Å². The van der Waals surface area contributed by atoms with Gasteiger partial charge in [0, 0.05) is 5.39 Å². The van der Waals surface area contributed by atoms with Crippen LogP contribution in [0.25, 0.3) is 10.9 Å². The van der Waals surface area contributed by atoms with Crippen LogP contribution in [0.3, 0.4) is 0 Å². The van der Waals surface area contributed by atoms with E-state index in [1.54, 1.807) is 18.2 Å². The van der Waals surface area contributed by atoms with E-state index in [0.717, 1.165) is 5.52 Å². The summed E-state index contributed by atoms with van der Waals surface area (Å²) < 4.78 is 0. The van der Waals surface area contributed by atoms with Crippen LogP contribution in [0.2, 0.25) is 0 Å². The Balaban J connectivity index is 2.64. The summed E-state index contributed by atoms with van der Waals surface area (Å²) >= 11 is 0. The van der Waals surface area contributed by atoms with Gasteiger partial charge in [-0.25, -0.2) is 4.79 Å². The van der Waals surface area contributed by atoms with E-state index < -0.39 is 5.91 Å². The van der Waals surface area contributed by atoms with Crippen molar-refractivity contribution in [2.75, 3.05) is 0 Å². The fourth-order valence-electron chi connectivity index (χ4n) is 1.22. The highest BCUT2D eigenvalue weighted by atomic mass is 16.2. The number of para-hydroxylation sites is 1. The minimum absolute atomic E-state index is 0.143. The van der Waals surface area contributed by atoms with Gasteiger partial charge in [-0.05, 0) is 6.07 Å². The molecule has 1 aromatic heterocycles. The number of amides is 1. The van der Waals surface area contributed by atoms with Gasteiger partial charge in [-0.2, -0.15) is 5.10 Å². The third kappa shape index (κ3) is 1.22. The zero-order valence-corrected chi connectivity index (χ0v) is 7.02. The van der Waals surface area contributed by atoms with Crippen molar-refractivity contribution in [3.8, 4) is 0 Å². The average Bonchev–Trinajstić information content (AvgIpc) is 2.61. The molecule has 0 bridgehead atoms. The first-order chi connectivity index (χ1) is 6.83. The number of carbonyl (C=O) groups excluding carboxylic acids is 2. The Morgan fingerprint density at radius 3 is 3.00 bits per heavy atom. The van der Waals surface area contributed by atoms with Crippen molar-refractivity contribution in [1.82, 2.24) is 10.2 Å². The molecule has 0 fully saturated rings. The summed E-state index contributed by atoms with van der Waals surface area (Å²) in [5.41, 5.74) is 0.876. The van der Waals surface area contributed by atoms with Crippen molar-refractivity contribution in [3.63, 3.8) is 0 Å². The third-order valence-electron chi connectivity index (χ3n) is 1.82. The molecule has 1 amide bonds. The minimum Gasteiger partial charge on any atom is -0.277 e. The molecule has 0 spiro atoms. The summed E-state index contributed by atoms with van der Waals surface area (Å²) in [6.07, 6.45) is 1.19. The largest absolute Gasteiger partial charge is 0.308 e. The van der Waals surface area contributed by atoms with E-state index in [2.05, 4.69) is 15.2 Å². The van der Waals surface area contributed by atoms with Crippen molar-refractivity contribution < 1.29 is 9.59 Å². The van der Waals surface area contributed by atoms with E-state index in [1.807, 2.05) is 6.07 Å². The fraction of sp³-hybridized carbons (Fsp3) is 0. The number of fused-ring (bicyclic) bond motifs is 1. The quantitative estimate of drug-likeness (QED) is 0.535. The van der Waals surface area contributed by atoms with Gasteiger partial charge < -0.3 is 0 Å². The molecule has 1 N–H and O–H groups in total. The average molecular weight is 187 g/mol. The molecule has 2 rings (SSSR count). The lowest BCUT2D eigenvalue weighted by molar-refractivity contribution is 0.0999. The number of isocyanates is 1. The molecule has 1 aromatic carbocycles. The van der Waals surface area contributed by atoms with Crippen LogP contribution in [0.1, 0.15) is 10.5 Å². The molecule has 0 radical (unpaired) electrons. The van der Waals surface area contributed by atoms with Crippen LogP contribution in [0.4, 0.5) is 0 Å². The maximum atomic E-state index is 11.2. The maximum Gasteiger partial charge on any atom is 0.308 e. The van der Waals surface area contributed by atoms with E-state index in [0.29, 0.717) is 5.39 Å². The number of aromatic nitrogens is 2. The zero-order valence-electron chi connectivity index (χ0n) is 7.02. The molecule has 0 aliphatic heterocycles. The minimum atomic E-state index is -0.683. The number of aliphatic imine (C=N–C) groups is 1. The highest BCUT2D eigenvalue weighted by molar-refractivity contribution is 6.06. The Bertz CT molecular complexity index is 538. The van der Waals surface area contributed by atoms with Crippen molar-refractivity contribution in [3.05, 3.63) is 30.0 Å². The van der Waals surface area contributed by atoms with E-state index >= 15 is 0 Å². The number of nitrogens with zero attached hydrogens (tertiary/aromatic N) is 2. The molecule has 2 aromatic rings. The Hall–Kier alpha value is -2.26. The molecule has 0 saturated carbocycles. The molecule has 0 aliphatic carbocycles. The van der Waals surface area contributed by atoms with Gasteiger partial charge in [-0.15, -0.1) is 4.99 Å². The first kappa shape index (κ1) is 8.34. The number of aromatic amines is 1. The molecule has 5 nitrogen and oxygen atoms in total. The summed E-state index contributed by atoms with van der Waals surface area (Å²) in [5, 5.41) is 7.08. The van der Waals surface area contributed by atoms with Crippen molar-refractivity contribution >= 4 is 22.9 Å². The number of nitrogens with one attached hydrogen (secondary N) is 1. The van der Waals surface area contributed by atoms with Crippen LogP contribution in [-0.4, -0.2) is 22.2 Å². The van der Waals surface area contributed by atoms with E-state index in [9.17, 15) is 9.59 Å². The molecule has 0 unspecified atom stereocenters. The van der Waals surface area contributed by atoms with Crippen molar-refractivity contribution in [1.29, 1.82) is 0 Å². The number of rotatable bonds is 1. The fourth-order valence-corrected chi connectivity index (χ4v) is 1.22. The van der Waals surface area contributed by atoms with Crippen molar-refractivity contribution in [2.24, 2.45) is 4.99 Å². The monoisotopic (exact) mass is 187 g/mol. The van der Waals surface area contributed by atoms with Crippen LogP contribution < -0.4 is 0 Å². The smallest absolute Gasteiger partial charge is 0.277 e. The number of hydrogen-bond acceptors (Lipinski definition) is 3. The molecule has 14 heavy (non-hydrogen) atoms. The van der Waals surface area contributed by atoms with Crippen molar-refractivity contribution in [2.45, 2.75) is 0 Å². The molecule has 1 heterocycles. The first-order valence-electron chi connectivity index (χ1n) is 3.88. The first-order valence-corrected chi connectivity index (χ1v) is 3.88. The number of benzene rings is 1. The maximum absolute atomic E-state index is 11.2. The van der Waals surface area contributed by atoms with Gasteiger partial charge in [0.15, 0.2) is 5.69 Å². The van der Waals surface area contributed by atoms with Gasteiger partial charge in [-0.3, -0.25) is 9.89 Å². The summed E-state index contributed by atoms with van der Waals surface area (Å²) in [7, 11) is 0. The van der Waals surface area contributed by atoms with Gasteiger partial charge in [0.05, 0.1) is 5.52 Å². The lowest BCUT2D eigenvalue weighted by Gasteiger charge is -1.87. The number of carbonyl (C=O) groups is 1. The van der Waals surface area contributed by atoms with E-state index in [4.69, 9.17) is 0 Å². The van der Waals surface area contributed by atoms with Gasteiger partial charge in [0.25, 0.3) is 0 Å². The Kier molecular flexibility index (Phi) is 1.93. The summed E-state index contributed by atoms with van der Waals surface area (Å²) in [6.45, 7) is 0. The lowest BCUT2D eigenvalue weighted by Crippen LogP contribution is -1.95. The van der Waals surface area contributed by atoms with E-state index in [1.165, 1.54) is 6.08 Å². The highest BCUT2D eigenvalue weighted by Crippen LogP contribution is 2.15. The summed E-state index contributed by atoms with van der Waals surface area (Å²) in [6, 6.07) is 7.10. The van der Waals surface area contributed by atoms with Gasteiger partial charge in [-0.1, -0.05) is 18.2 Å². The topological polar surface area (TPSA) is 75.2 Å². The van der Waals surface area contributed by atoms with Crippen LogP contribution in [0, 0.1) is 0 Å². The molecular weight excluding hydrogens is 182 g/mol. The second kappa shape index (κ2) is 3.24. The molecule has 0 aliphatic rings. The summed E-state index contributed by atoms with van der Waals surface area (Å²) in [4.78, 5) is 24.1. The molecule has 0 saturated heterocycles. The molecule has 68 valence electrons.